The second-order valence-electron chi connectivity index (χ2n) is 4.96. The highest BCUT2D eigenvalue weighted by Crippen LogP contribution is 2.31. The van der Waals surface area contributed by atoms with Gasteiger partial charge in [0.2, 0.25) is 0 Å². The van der Waals surface area contributed by atoms with Crippen LogP contribution in [0.2, 0.25) is 0 Å². The molecule has 7 heteroatoms. The van der Waals surface area contributed by atoms with E-state index in [1.54, 1.807) is 6.92 Å². The summed E-state index contributed by atoms with van der Waals surface area (Å²) in [6.07, 6.45) is 5.14. The molecule has 19 heavy (non-hydrogen) atoms. The van der Waals surface area contributed by atoms with Gasteiger partial charge < -0.3 is 9.47 Å². The molecule has 1 saturated heterocycles. The Balaban J connectivity index is 0.000000141. The van der Waals surface area contributed by atoms with E-state index < -0.39 is 0 Å². The summed E-state index contributed by atoms with van der Waals surface area (Å²) in [7, 11) is 0. The van der Waals surface area contributed by atoms with Crippen molar-refractivity contribution in [2.75, 3.05) is 0 Å². The fourth-order valence-corrected chi connectivity index (χ4v) is 2.40. The number of carbonyl (C=O) groups is 1. The highest BCUT2D eigenvalue weighted by Gasteiger charge is 2.22. The zero-order valence-corrected chi connectivity index (χ0v) is 11.3. The lowest BCUT2D eigenvalue weighted by Gasteiger charge is -2.24. The third-order valence-electron chi connectivity index (χ3n) is 3.26. The molecule has 1 N–H and O–H groups in total. The number of carbonyl (C=O) groups excluding carboxylic acids is 1. The molecule has 1 aliphatic carbocycles. The molecule has 2 fully saturated rings. The van der Waals surface area contributed by atoms with Gasteiger partial charge in [-0.25, -0.2) is 0 Å². The third-order valence-corrected chi connectivity index (χ3v) is 3.26. The van der Waals surface area contributed by atoms with Gasteiger partial charge in [0.15, 0.2) is 12.1 Å². The number of tetrazole rings is 1. The van der Waals surface area contributed by atoms with E-state index in [9.17, 15) is 4.79 Å². The van der Waals surface area contributed by atoms with Crippen molar-refractivity contribution in [1.82, 2.24) is 20.6 Å². The minimum absolute atomic E-state index is 0.0150. The molecule has 106 valence electrons. The Morgan fingerprint density at radius 3 is 2.53 bits per heavy atom. The summed E-state index contributed by atoms with van der Waals surface area (Å²) in [6.45, 7) is 3.57. The standard InChI is InChI=1S/C6H10N4.C6H10O3/c1-2-4-5(3-1)6-7-9-10-8-6;1-4-3-6(7)9-5(2)8-4/h5H,1-4H2,(H,7,8,9,10);4-5H,3H2,1-2H3. The molecule has 0 amide bonds. The summed E-state index contributed by atoms with van der Waals surface area (Å²) < 4.78 is 9.81. The van der Waals surface area contributed by atoms with Gasteiger partial charge in [0, 0.05) is 5.92 Å². The van der Waals surface area contributed by atoms with Gasteiger partial charge in [-0.2, -0.15) is 5.21 Å². The van der Waals surface area contributed by atoms with Crippen LogP contribution in [-0.4, -0.2) is 39.0 Å². The van der Waals surface area contributed by atoms with Gasteiger partial charge in [0.05, 0.1) is 12.5 Å². The average Bonchev–Trinajstić information content (AvgIpc) is 3.01. The lowest BCUT2D eigenvalue weighted by atomic mass is 10.1. The van der Waals surface area contributed by atoms with Gasteiger partial charge in [0.25, 0.3) is 0 Å². The highest BCUT2D eigenvalue weighted by atomic mass is 16.7. The van der Waals surface area contributed by atoms with Gasteiger partial charge in [0.1, 0.15) is 0 Å². The van der Waals surface area contributed by atoms with Gasteiger partial charge in [-0.05, 0) is 26.7 Å². The Hall–Kier alpha value is -1.50. The van der Waals surface area contributed by atoms with E-state index in [2.05, 4.69) is 20.6 Å². The molecule has 2 atom stereocenters. The molecule has 2 unspecified atom stereocenters. The summed E-state index contributed by atoms with van der Waals surface area (Å²) in [5.41, 5.74) is 0. The van der Waals surface area contributed by atoms with Crippen LogP contribution < -0.4 is 0 Å². The minimum atomic E-state index is -0.360. The molecule has 0 bridgehead atoms. The number of hydrogen-bond donors (Lipinski definition) is 1. The Kier molecular flexibility index (Phi) is 4.84. The summed E-state index contributed by atoms with van der Waals surface area (Å²) in [4.78, 5) is 10.6. The van der Waals surface area contributed by atoms with E-state index in [0.717, 1.165) is 5.82 Å². The van der Waals surface area contributed by atoms with Crippen molar-refractivity contribution < 1.29 is 14.3 Å². The monoisotopic (exact) mass is 268 g/mol. The molecule has 1 saturated carbocycles. The van der Waals surface area contributed by atoms with Gasteiger partial charge in [-0.15, -0.1) is 10.2 Å². The van der Waals surface area contributed by atoms with E-state index in [1.165, 1.54) is 25.7 Å². The molecule has 0 aromatic carbocycles. The maximum absolute atomic E-state index is 10.6. The topological polar surface area (TPSA) is 90.0 Å². The maximum Gasteiger partial charge on any atom is 0.310 e. The molecule has 3 rings (SSSR count). The highest BCUT2D eigenvalue weighted by molar-refractivity contribution is 5.70. The molecule has 1 aliphatic heterocycles. The fourth-order valence-electron chi connectivity index (χ4n) is 2.40. The van der Waals surface area contributed by atoms with Crippen molar-refractivity contribution in [3.8, 4) is 0 Å². The molecule has 1 aromatic heterocycles. The average molecular weight is 268 g/mol. The smallest absolute Gasteiger partial charge is 0.310 e. The normalized spacial score (nSPS) is 27.6. The summed E-state index contributed by atoms with van der Waals surface area (Å²) in [5, 5.41) is 13.9. The van der Waals surface area contributed by atoms with Crippen molar-refractivity contribution in [2.24, 2.45) is 0 Å². The molecule has 7 nitrogen and oxygen atoms in total. The quantitative estimate of drug-likeness (QED) is 0.777. The van der Waals surface area contributed by atoms with Gasteiger partial charge >= 0.3 is 5.97 Å². The number of ether oxygens (including phenoxy) is 2. The van der Waals surface area contributed by atoms with Crippen LogP contribution in [0.15, 0.2) is 0 Å². The van der Waals surface area contributed by atoms with Gasteiger partial charge in [-0.3, -0.25) is 4.79 Å². The van der Waals surface area contributed by atoms with Crippen LogP contribution >= 0.6 is 0 Å². The fraction of sp³-hybridized carbons (Fsp3) is 0.833. The second kappa shape index (κ2) is 6.60. The van der Waals surface area contributed by atoms with E-state index >= 15 is 0 Å². The number of aromatic amines is 1. The molecule has 2 aliphatic rings. The summed E-state index contributed by atoms with van der Waals surface area (Å²) >= 11 is 0. The maximum atomic E-state index is 10.6. The minimum Gasteiger partial charge on any atom is -0.436 e. The van der Waals surface area contributed by atoms with Crippen molar-refractivity contribution in [1.29, 1.82) is 0 Å². The van der Waals surface area contributed by atoms with Crippen molar-refractivity contribution >= 4 is 5.97 Å². The molecule has 0 radical (unpaired) electrons. The number of cyclic esters (lactones) is 1. The van der Waals surface area contributed by atoms with Crippen LogP contribution in [-0.2, 0) is 14.3 Å². The van der Waals surface area contributed by atoms with Crippen LogP contribution in [0.3, 0.4) is 0 Å². The molecule has 1 aromatic rings. The number of esters is 1. The molecular formula is C12H20N4O3. The number of nitrogens with zero attached hydrogens (tertiary/aromatic N) is 3. The first kappa shape index (κ1) is 13.9. The van der Waals surface area contributed by atoms with E-state index in [4.69, 9.17) is 9.47 Å². The SMILES string of the molecule is C1CCC(c2nn[nH]n2)C1.CC1CC(=O)OC(C)O1. The zero-order valence-electron chi connectivity index (χ0n) is 11.3. The lowest BCUT2D eigenvalue weighted by Crippen LogP contribution is -2.31. The van der Waals surface area contributed by atoms with Gasteiger partial charge in [-0.1, -0.05) is 18.1 Å². The number of aromatic nitrogens is 4. The predicted molar refractivity (Wildman–Crippen MR) is 66.1 cm³/mol. The Labute approximate surface area is 112 Å². The van der Waals surface area contributed by atoms with Crippen molar-refractivity contribution in [3.05, 3.63) is 5.82 Å². The zero-order chi connectivity index (χ0) is 13.7. The van der Waals surface area contributed by atoms with Crippen molar-refractivity contribution in [3.63, 3.8) is 0 Å². The van der Waals surface area contributed by atoms with Crippen LogP contribution in [0.4, 0.5) is 0 Å². The Bertz CT molecular complexity index is 378. The van der Waals surface area contributed by atoms with E-state index in [1.807, 2.05) is 6.92 Å². The lowest BCUT2D eigenvalue weighted by molar-refractivity contribution is -0.206. The van der Waals surface area contributed by atoms with Crippen molar-refractivity contribution in [2.45, 2.75) is 64.3 Å². The molecule has 2 heterocycles. The summed E-state index contributed by atoms with van der Waals surface area (Å²) in [6, 6.07) is 0. The first-order chi connectivity index (χ1) is 9.15. The third kappa shape index (κ3) is 4.27. The van der Waals surface area contributed by atoms with E-state index in [-0.39, 0.29) is 18.4 Å². The number of hydrogen-bond acceptors (Lipinski definition) is 6. The number of H-pyrrole nitrogens is 1. The molecule has 0 spiro atoms. The van der Waals surface area contributed by atoms with Crippen LogP contribution in [0.25, 0.3) is 0 Å². The van der Waals surface area contributed by atoms with Crippen LogP contribution in [0.1, 0.15) is 57.7 Å². The van der Waals surface area contributed by atoms with E-state index in [0.29, 0.717) is 12.3 Å². The first-order valence-corrected chi connectivity index (χ1v) is 6.73. The van der Waals surface area contributed by atoms with Crippen LogP contribution in [0.5, 0.6) is 0 Å². The Morgan fingerprint density at radius 1 is 1.26 bits per heavy atom. The number of nitrogens with one attached hydrogen (secondary N) is 1. The Morgan fingerprint density at radius 2 is 2.00 bits per heavy atom. The molecular weight excluding hydrogens is 248 g/mol. The predicted octanol–water partition coefficient (Wildman–Crippen LogP) is 1.54. The number of rotatable bonds is 1. The summed E-state index contributed by atoms with van der Waals surface area (Å²) in [5.74, 6) is 1.32. The van der Waals surface area contributed by atoms with Crippen LogP contribution in [0, 0.1) is 0 Å². The second-order valence-corrected chi connectivity index (χ2v) is 4.96. The largest absolute Gasteiger partial charge is 0.436 e. The first-order valence-electron chi connectivity index (χ1n) is 6.73.